The first kappa shape index (κ1) is 11.7. The van der Waals surface area contributed by atoms with Crippen molar-refractivity contribution in [3.63, 3.8) is 0 Å². The molecule has 0 spiro atoms. The highest BCUT2D eigenvalue weighted by Gasteiger charge is 2.13. The number of benzene rings is 1. The number of nitrogens with two attached hydrogens (primary N) is 1. The van der Waals surface area contributed by atoms with Crippen molar-refractivity contribution in [2.45, 2.75) is 19.9 Å². The minimum atomic E-state index is -0.0997. The molecule has 0 saturated heterocycles. The van der Waals surface area contributed by atoms with Crippen molar-refractivity contribution >= 4 is 0 Å². The average molecular weight is 228 g/mol. The zero-order valence-electron chi connectivity index (χ0n) is 10.0. The topological polar surface area (TPSA) is 63.8 Å². The van der Waals surface area contributed by atoms with Crippen molar-refractivity contribution in [3.8, 4) is 0 Å². The van der Waals surface area contributed by atoms with E-state index >= 15 is 0 Å². The van der Waals surface area contributed by atoms with Gasteiger partial charge >= 0.3 is 0 Å². The minimum Gasteiger partial charge on any atom is -0.271 e. The van der Waals surface area contributed by atoms with Crippen LogP contribution in [0.2, 0.25) is 0 Å². The van der Waals surface area contributed by atoms with Crippen LogP contribution in [0.4, 0.5) is 0 Å². The monoisotopic (exact) mass is 228 g/mol. The third kappa shape index (κ3) is 2.49. The Hall–Kier alpha value is -1.78. The van der Waals surface area contributed by atoms with E-state index in [2.05, 4.69) is 47.4 Å². The summed E-state index contributed by atoms with van der Waals surface area (Å²) in [5.41, 5.74) is 7.28. The van der Waals surface area contributed by atoms with Gasteiger partial charge in [-0.3, -0.25) is 5.84 Å². The molecule has 0 aliphatic heterocycles. The maximum absolute atomic E-state index is 5.61. The van der Waals surface area contributed by atoms with E-state index in [0.29, 0.717) is 0 Å². The third-order valence-electron chi connectivity index (χ3n) is 2.93. The summed E-state index contributed by atoms with van der Waals surface area (Å²) in [7, 11) is 0. The van der Waals surface area contributed by atoms with Gasteiger partial charge in [0.15, 0.2) is 0 Å². The van der Waals surface area contributed by atoms with E-state index in [1.54, 1.807) is 6.20 Å². The van der Waals surface area contributed by atoms with Crippen molar-refractivity contribution in [1.29, 1.82) is 0 Å². The Labute approximate surface area is 101 Å². The number of aromatic nitrogens is 2. The smallest absolute Gasteiger partial charge is 0.115 e. The lowest BCUT2D eigenvalue weighted by atomic mass is 9.99. The molecule has 1 unspecified atom stereocenters. The van der Waals surface area contributed by atoms with E-state index in [9.17, 15) is 0 Å². The molecule has 2 rings (SSSR count). The lowest BCUT2D eigenvalue weighted by Crippen LogP contribution is -2.29. The van der Waals surface area contributed by atoms with Gasteiger partial charge in [0.1, 0.15) is 6.33 Å². The standard InChI is InChI=1S/C13H16N4/c1-9-3-4-11(7-10(9)2)13(17-14)12-5-6-15-8-16-12/h3-8,13,17H,14H2,1-2H3. The van der Waals surface area contributed by atoms with Crippen LogP contribution in [0.5, 0.6) is 0 Å². The van der Waals surface area contributed by atoms with Gasteiger partial charge in [0.05, 0.1) is 11.7 Å². The molecule has 0 aliphatic rings. The van der Waals surface area contributed by atoms with E-state index in [4.69, 9.17) is 5.84 Å². The van der Waals surface area contributed by atoms with Gasteiger partial charge in [0.25, 0.3) is 0 Å². The van der Waals surface area contributed by atoms with Gasteiger partial charge in [-0.1, -0.05) is 18.2 Å². The Morgan fingerprint density at radius 3 is 2.59 bits per heavy atom. The number of aryl methyl sites for hydroxylation is 2. The van der Waals surface area contributed by atoms with E-state index < -0.39 is 0 Å². The van der Waals surface area contributed by atoms with E-state index in [1.165, 1.54) is 17.5 Å². The van der Waals surface area contributed by atoms with Crippen LogP contribution in [0.25, 0.3) is 0 Å². The molecule has 1 aromatic heterocycles. The molecular formula is C13H16N4. The van der Waals surface area contributed by atoms with Crippen LogP contribution < -0.4 is 11.3 Å². The molecule has 3 N–H and O–H groups in total. The van der Waals surface area contributed by atoms with E-state index in [0.717, 1.165) is 11.3 Å². The fourth-order valence-electron chi connectivity index (χ4n) is 1.77. The largest absolute Gasteiger partial charge is 0.271 e. The van der Waals surface area contributed by atoms with Crippen molar-refractivity contribution in [3.05, 3.63) is 59.2 Å². The van der Waals surface area contributed by atoms with Crippen LogP contribution >= 0.6 is 0 Å². The maximum Gasteiger partial charge on any atom is 0.115 e. The van der Waals surface area contributed by atoms with Crippen LogP contribution in [0.3, 0.4) is 0 Å². The second-order valence-corrected chi connectivity index (χ2v) is 4.08. The van der Waals surface area contributed by atoms with Crippen LogP contribution in [0.15, 0.2) is 36.8 Å². The van der Waals surface area contributed by atoms with Gasteiger partial charge in [0.2, 0.25) is 0 Å². The molecular weight excluding hydrogens is 212 g/mol. The summed E-state index contributed by atoms with van der Waals surface area (Å²) in [5.74, 6) is 5.61. The molecule has 4 nitrogen and oxygen atoms in total. The van der Waals surface area contributed by atoms with Crippen molar-refractivity contribution in [1.82, 2.24) is 15.4 Å². The summed E-state index contributed by atoms with van der Waals surface area (Å²) in [4.78, 5) is 8.13. The third-order valence-corrected chi connectivity index (χ3v) is 2.93. The van der Waals surface area contributed by atoms with E-state index in [1.807, 2.05) is 6.07 Å². The quantitative estimate of drug-likeness (QED) is 0.619. The average Bonchev–Trinajstić information content (AvgIpc) is 2.36. The summed E-state index contributed by atoms with van der Waals surface area (Å²) < 4.78 is 0. The number of rotatable bonds is 3. The first-order valence-electron chi connectivity index (χ1n) is 5.51. The Balaban J connectivity index is 2.39. The molecule has 1 atom stereocenters. The Morgan fingerprint density at radius 2 is 2.00 bits per heavy atom. The van der Waals surface area contributed by atoms with Crippen LogP contribution in [0.1, 0.15) is 28.4 Å². The first-order valence-corrected chi connectivity index (χ1v) is 5.51. The molecule has 0 fully saturated rings. The molecule has 0 amide bonds. The highest BCUT2D eigenvalue weighted by molar-refractivity contribution is 5.34. The van der Waals surface area contributed by atoms with Crippen molar-refractivity contribution in [2.75, 3.05) is 0 Å². The Kier molecular flexibility index (Phi) is 3.46. The van der Waals surface area contributed by atoms with E-state index in [-0.39, 0.29) is 6.04 Å². The van der Waals surface area contributed by atoms with Crippen molar-refractivity contribution < 1.29 is 0 Å². The maximum atomic E-state index is 5.61. The molecule has 1 heterocycles. The van der Waals surface area contributed by atoms with Crippen LogP contribution in [-0.4, -0.2) is 9.97 Å². The highest BCUT2D eigenvalue weighted by Crippen LogP contribution is 2.21. The summed E-state index contributed by atoms with van der Waals surface area (Å²) in [6.45, 7) is 4.18. The lowest BCUT2D eigenvalue weighted by molar-refractivity contribution is 0.618. The SMILES string of the molecule is Cc1ccc(C(NN)c2ccncn2)cc1C. The fourth-order valence-corrected chi connectivity index (χ4v) is 1.77. The number of hydrazine groups is 1. The fraction of sp³-hybridized carbons (Fsp3) is 0.231. The zero-order valence-corrected chi connectivity index (χ0v) is 10.0. The van der Waals surface area contributed by atoms with Crippen LogP contribution in [-0.2, 0) is 0 Å². The summed E-state index contributed by atoms with van der Waals surface area (Å²) in [6, 6.07) is 8.05. The summed E-state index contributed by atoms with van der Waals surface area (Å²) in [6.07, 6.45) is 3.24. The summed E-state index contributed by atoms with van der Waals surface area (Å²) in [5, 5.41) is 0. The molecule has 1 aromatic carbocycles. The molecule has 0 aliphatic carbocycles. The Morgan fingerprint density at radius 1 is 1.18 bits per heavy atom. The van der Waals surface area contributed by atoms with Gasteiger partial charge < -0.3 is 0 Å². The molecule has 2 aromatic rings. The number of nitrogens with zero attached hydrogens (tertiary/aromatic N) is 2. The molecule has 0 bridgehead atoms. The van der Waals surface area contributed by atoms with Crippen LogP contribution in [0, 0.1) is 13.8 Å². The predicted octanol–water partition coefficient (Wildman–Crippen LogP) is 1.65. The number of hydrogen-bond acceptors (Lipinski definition) is 4. The molecule has 0 saturated carbocycles. The second-order valence-electron chi connectivity index (χ2n) is 4.08. The second kappa shape index (κ2) is 5.03. The lowest BCUT2D eigenvalue weighted by Gasteiger charge is -2.16. The minimum absolute atomic E-state index is 0.0997. The number of nitrogens with one attached hydrogen (secondary N) is 1. The molecule has 4 heteroatoms. The number of hydrogen-bond donors (Lipinski definition) is 2. The van der Waals surface area contributed by atoms with Gasteiger partial charge in [0, 0.05) is 6.20 Å². The predicted molar refractivity (Wildman–Crippen MR) is 67.1 cm³/mol. The van der Waals surface area contributed by atoms with Gasteiger partial charge in [-0.2, -0.15) is 0 Å². The molecule has 88 valence electrons. The zero-order chi connectivity index (χ0) is 12.3. The van der Waals surface area contributed by atoms with Crippen molar-refractivity contribution in [2.24, 2.45) is 5.84 Å². The van der Waals surface area contributed by atoms with Gasteiger partial charge in [-0.05, 0) is 36.6 Å². The normalized spacial score (nSPS) is 12.4. The van der Waals surface area contributed by atoms with Gasteiger partial charge in [-0.25, -0.2) is 15.4 Å². The molecule has 17 heavy (non-hydrogen) atoms. The first-order chi connectivity index (χ1) is 8.22. The highest BCUT2D eigenvalue weighted by atomic mass is 15.2. The molecule has 0 radical (unpaired) electrons. The Bertz CT molecular complexity index is 496. The summed E-state index contributed by atoms with van der Waals surface area (Å²) >= 11 is 0. The van der Waals surface area contributed by atoms with Gasteiger partial charge in [-0.15, -0.1) is 0 Å².